The van der Waals surface area contributed by atoms with Crippen molar-refractivity contribution >= 4 is 23.4 Å². The van der Waals surface area contributed by atoms with Gasteiger partial charge in [-0.3, -0.25) is 0 Å². The summed E-state index contributed by atoms with van der Waals surface area (Å²) in [5.41, 5.74) is 0. The maximum atomic E-state index is 11.2. The minimum absolute atomic E-state index is 0.239. The number of esters is 1. The van der Waals surface area contributed by atoms with Crippen LogP contribution in [0.4, 0.5) is 0 Å². The molecule has 1 fully saturated rings. The van der Waals surface area contributed by atoms with E-state index in [0.29, 0.717) is 6.61 Å². The highest BCUT2D eigenvalue weighted by Gasteiger charge is 2.34. The molecule has 0 saturated carbocycles. The molecule has 0 aromatic heterocycles. The van der Waals surface area contributed by atoms with Gasteiger partial charge >= 0.3 is 5.97 Å². The lowest BCUT2D eigenvalue weighted by Crippen LogP contribution is -2.39. The van der Waals surface area contributed by atoms with Crippen molar-refractivity contribution < 1.29 is 14.3 Å². The lowest BCUT2D eigenvalue weighted by Gasteiger charge is -2.10. The van der Waals surface area contributed by atoms with E-state index in [1.807, 2.05) is 0 Å². The molecule has 1 aliphatic rings. The normalized spacial score (nSPS) is 27.7. The molecule has 1 heterocycles. The van der Waals surface area contributed by atoms with Gasteiger partial charge in [-0.1, -0.05) is 0 Å². The molecule has 5 heteroatoms. The summed E-state index contributed by atoms with van der Waals surface area (Å²) in [5.74, 6) is -0.315. The molecule has 0 spiro atoms. The van der Waals surface area contributed by atoms with Gasteiger partial charge in [0, 0.05) is 0 Å². The molecule has 1 N–H and O–H groups in total. The van der Waals surface area contributed by atoms with E-state index in [-0.39, 0.29) is 17.2 Å². The molecule has 2 atom stereocenters. The van der Waals surface area contributed by atoms with E-state index in [4.69, 9.17) is 21.7 Å². The van der Waals surface area contributed by atoms with Gasteiger partial charge in [0.25, 0.3) is 5.17 Å². The third-order valence-electron chi connectivity index (χ3n) is 1.58. The molecule has 0 aromatic rings. The van der Waals surface area contributed by atoms with Crippen molar-refractivity contribution in [3.63, 3.8) is 0 Å². The Kier molecular flexibility index (Phi) is 2.86. The topological polar surface area (TPSA) is 47.6 Å². The molecule has 0 unspecified atom stereocenters. The fraction of sp³-hybridized carbons (Fsp3) is 0.714. The Balaban J connectivity index is 2.52. The van der Waals surface area contributed by atoms with Crippen LogP contribution in [0.2, 0.25) is 0 Å². The van der Waals surface area contributed by atoms with Crippen LogP contribution in [0.15, 0.2) is 0 Å². The van der Waals surface area contributed by atoms with E-state index in [2.05, 4.69) is 5.32 Å². The lowest BCUT2D eigenvalue weighted by atomic mass is 10.2. The quantitative estimate of drug-likeness (QED) is 0.497. The van der Waals surface area contributed by atoms with Gasteiger partial charge in [0.2, 0.25) is 0 Å². The first kappa shape index (κ1) is 9.25. The molecule has 68 valence electrons. The molecule has 4 nitrogen and oxygen atoms in total. The van der Waals surface area contributed by atoms with Gasteiger partial charge < -0.3 is 14.8 Å². The van der Waals surface area contributed by atoms with Crippen LogP contribution >= 0.6 is 12.2 Å². The standard InChI is InChI=1S/C7H11NO3S/c1-3-10-6(9)5-4(2)11-7(12)8-5/h4-5H,3H2,1-2H3,(H,8,12)/t4-,5-/m1/s1. The largest absolute Gasteiger partial charge is 0.465 e. The Hall–Kier alpha value is -0.840. The smallest absolute Gasteiger partial charge is 0.332 e. The van der Waals surface area contributed by atoms with Crippen molar-refractivity contribution in [3.8, 4) is 0 Å². The van der Waals surface area contributed by atoms with Crippen LogP contribution in [0, 0.1) is 0 Å². The van der Waals surface area contributed by atoms with Crippen LogP contribution in [0.1, 0.15) is 13.8 Å². The van der Waals surface area contributed by atoms with Crippen LogP contribution < -0.4 is 5.32 Å². The molecule has 1 saturated heterocycles. The van der Waals surface area contributed by atoms with Crippen LogP contribution in [-0.4, -0.2) is 29.9 Å². The summed E-state index contributed by atoms with van der Waals surface area (Å²) in [4.78, 5) is 11.2. The third-order valence-corrected chi connectivity index (χ3v) is 1.79. The van der Waals surface area contributed by atoms with E-state index in [1.165, 1.54) is 0 Å². The summed E-state index contributed by atoms with van der Waals surface area (Å²) >= 11 is 4.74. The van der Waals surface area contributed by atoms with Crippen molar-refractivity contribution in [2.24, 2.45) is 0 Å². The molecule has 0 radical (unpaired) electrons. The Morgan fingerprint density at radius 2 is 2.50 bits per heavy atom. The van der Waals surface area contributed by atoms with E-state index in [0.717, 1.165) is 0 Å². The second kappa shape index (κ2) is 3.71. The predicted octanol–water partition coefficient (Wildman–Crippen LogP) is 0.211. The maximum Gasteiger partial charge on any atom is 0.332 e. The minimum atomic E-state index is -0.447. The average molecular weight is 189 g/mol. The first-order valence-electron chi connectivity index (χ1n) is 3.79. The Labute approximate surface area is 76.2 Å². The Morgan fingerprint density at radius 1 is 1.83 bits per heavy atom. The summed E-state index contributed by atoms with van der Waals surface area (Å²) in [7, 11) is 0. The summed E-state index contributed by atoms with van der Waals surface area (Å²) in [6.45, 7) is 3.90. The molecule has 0 bridgehead atoms. The van der Waals surface area contributed by atoms with Crippen molar-refractivity contribution in [1.29, 1.82) is 0 Å². The first-order chi connectivity index (χ1) is 5.65. The van der Waals surface area contributed by atoms with Gasteiger partial charge in [-0.2, -0.15) is 0 Å². The predicted molar refractivity (Wildman–Crippen MR) is 46.7 cm³/mol. The van der Waals surface area contributed by atoms with Crippen LogP contribution in [-0.2, 0) is 14.3 Å². The monoisotopic (exact) mass is 189 g/mol. The molecular formula is C7H11NO3S. The summed E-state index contributed by atoms with van der Waals surface area (Å²) in [5, 5.41) is 2.99. The fourth-order valence-corrected chi connectivity index (χ4v) is 1.28. The zero-order valence-electron chi connectivity index (χ0n) is 6.99. The van der Waals surface area contributed by atoms with Gasteiger partial charge in [0.1, 0.15) is 6.10 Å². The Bertz CT molecular complexity index is 207. The molecule has 0 aromatic carbocycles. The number of hydrogen-bond acceptors (Lipinski definition) is 4. The van der Waals surface area contributed by atoms with Gasteiger partial charge in [0.05, 0.1) is 6.61 Å². The number of rotatable bonds is 2. The molecule has 0 aliphatic carbocycles. The molecule has 12 heavy (non-hydrogen) atoms. The number of thiocarbonyl (C=S) groups is 1. The minimum Gasteiger partial charge on any atom is -0.465 e. The third kappa shape index (κ3) is 1.85. The summed E-state index contributed by atoms with van der Waals surface area (Å²) in [6.07, 6.45) is -0.239. The van der Waals surface area contributed by atoms with Crippen molar-refractivity contribution in [2.45, 2.75) is 26.0 Å². The first-order valence-corrected chi connectivity index (χ1v) is 4.19. The van der Waals surface area contributed by atoms with Crippen LogP contribution in [0.3, 0.4) is 0 Å². The number of ether oxygens (including phenoxy) is 2. The van der Waals surface area contributed by atoms with Gasteiger partial charge in [-0.25, -0.2) is 4.79 Å². The van der Waals surface area contributed by atoms with E-state index >= 15 is 0 Å². The maximum absolute atomic E-state index is 11.2. The van der Waals surface area contributed by atoms with Gasteiger partial charge in [0.15, 0.2) is 6.04 Å². The highest BCUT2D eigenvalue weighted by molar-refractivity contribution is 7.80. The molecule has 1 rings (SSSR count). The van der Waals surface area contributed by atoms with Crippen molar-refractivity contribution in [1.82, 2.24) is 5.32 Å². The Morgan fingerprint density at radius 3 is 2.92 bits per heavy atom. The number of nitrogens with one attached hydrogen (secondary N) is 1. The average Bonchev–Trinajstić information content (AvgIpc) is 2.30. The molecule has 1 aliphatic heterocycles. The number of carbonyl (C=O) groups excluding carboxylic acids is 1. The van der Waals surface area contributed by atoms with Crippen molar-refractivity contribution in [2.75, 3.05) is 6.61 Å². The molecular weight excluding hydrogens is 178 g/mol. The van der Waals surface area contributed by atoms with E-state index in [9.17, 15) is 4.79 Å². The highest BCUT2D eigenvalue weighted by atomic mass is 32.1. The van der Waals surface area contributed by atoms with Gasteiger partial charge in [-0.15, -0.1) is 0 Å². The SMILES string of the molecule is CCOC(=O)[C@@H]1NC(=S)O[C@@H]1C. The summed E-state index contributed by atoms with van der Waals surface area (Å²) in [6, 6.07) is -0.447. The highest BCUT2D eigenvalue weighted by Crippen LogP contribution is 2.09. The molecule has 0 amide bonds. The number of hydrogen-bond donors (Lipinski definition) is 1. The van der Waals surface area contributed by atoms with Crippen molar-refractivity contribution in [3.05, 3.63) is 0 Å². The fourth-order valence-electron chi connectivity index (χ4n) is 0.998. The van der Waals surface area contributed by atoms with E-state index in [1.54, 1.807) is 13.8 Å². The van der Waals surface area contributed by atoms with E-state index < -0.39 is 6.04 Å². The second-order valence-electron chi connectivity index (χ2n) is 2.48. The van der Waals surface area contributed by atoms with Gasteiger partial charge in [-0.05, 0) is 26.1 Å². The zero-order chi connectivity index (χ0) is 9.14. The lowest BCUT2D eigenvalue weighted by molar-refractivity contribution is -0.146. The zero-order valence-corrected chi connectivity index (χ0v) is 7.81. The van der Waals surface area contributed by atoms with Crippen LogP contribution in [0.5, 0.6) is 0 Å². The number of carbonyl (C=O) groups is 1. The second-order valence-corrected chi connectivity index (χ2v) is 2.86. The van der Waals surface area contributed by atoms with Crippen LogP contribution in [0.25, 0.3) is 0 Å². The summed E-state index contributed by atoms with van der Waals surface area (Å²) < 4.78 is 9.86.